The maximum Gasteiger partial charge on any atom is 0.229 e. The van der Waals surface area contributed by atoms with Gasteiger partial charge in [-0.25, -0.2) is 0 Å². The zero-order valence-electron chi connectivity index (χ0n) is 10.1. The van der Waals surface area contributed by atoms with Crippen molar-refractivity contribution in [1.82, 2.24) is 10.2 Å². The Morgan fingerprint density at radius 1 is 1.44 bits per heavy atom. The summed E-state index contributed by atoms with van der Waals surface area (Å²) in [7, 11) is 0. The van der Waals surface area contributed by atoms with E-state index in [2.05, 4.69) is 22.4 Å². The molecule has 1 N–H and O–H groups in total. The first-order chi connectivity index (χ1) is 7.67. The summed E-state index contributed by atoms with van der Waals surface area (Å²) in [5, 5.41) is 12.1. The van der Waals surface area contributed by atoms with E-state index in [0.29, 0.717) is 5.13 Å². The Kier molecular flexibility index (Phi) is 5.38. The molecule has 1 aromatic heterocycles. The second-order valence-electron chi connectivity index (χ2n) is 3.86. The first kappa shape index (κ1) is 13.1. The Labute approximate surface area is 100 Å². The first-order valence-corrected chi connectivity index (χ1v) is 6.60. The summed E-state index contributed by atoms with van der Waals surface area (Å²) in [4.78, 5) is 11.9. The van der Waals surface area contributed by atoms with Gasteiger partial charge in [-0.1, -0.05) is 38.0 Å². The van der Waals surface area contributed by atoms with E-state index >= 15 is 0 Å². The molecule has 4 nitrogen and oxygen atoms in total. The molecule has 0 radical (unpaired) electrons. The monoisotopic (exact) mass is 241 g/mol. The highest BCUT2D eigenvalue weighted by Crippen LogP contribution is 2.18. The standard InChI is InChI=1S/C11H19N3OS/c1-4-6-7-9(5-2)10(15)12-11-14-13-8(3)16-11/h9H,4-7H2,1-3H3,(H,12,14,15)/t9-/m0/s1. The third-order valence-corrected chi connectivity index (χ3v) is 3.28. The van der Waals surface area contributed by atoms with E-state index in [1.54, 1.807) is 0 Å². The van der Waals surface area contributed by atoms with Gasteiger partial charge in [-0.05, 0) is 19.8 Å². The molecule has 1 amide bonds. The van der Waals surface area contributed by atoms with Crippen molar-refractivity contribution in [3.05, 3.63) is 5.01 Å². The molecule has 0 saturated heterocycles. The van der Waals surface area contributed by atoms with Crippen molar-refractivity contribution in [2.75, 3.05) is 5.32 Å². The van der Waals surface area contributed by atoms with Gasteiger partial charge in [-0.3, -0.25) is 4.79 Å². The van der Waals surface area contributed by atoms with Crippen molar-refractivity contribution >= 4 is 22.4 Å². The third kappa shape index (κ3) is 3.89. The van der Waals surface area contributed by atoms with Crippen LogP contribution < -0.4 is 5.32 Å². The number of aromatic nitrogens is 2. The van der Waals surface area contributed by atoms with Gasteiger partial charge in [0.15, 0.2) is 0 Å². The van der Waals surface area contributed by atoms with E-state index in [1.807, 2.05) is 13.8 Å². The number of nitrogens with zero attached hydrogens (tertiary/aromatic N) is 2. The van der Waals surface area contributed by atoms with Gasteiger partial charge >= 0.3 is 0 Å². The van der Waals surface area contributed by atoms with E-state index < -0.39 is 0 Å². The van der Waals surface area contributed by atoms with Crippen molar-refractivity contribution < 1.29 is 4.79 Å². The summed E-state index contributed by atoms with van der Waals surface area (Å²) in [5.41, 5.74) is 0. The lowest BCUT2D eigenvalue weighted by molar-refractivity contribution is -0.120. The molecule has 1 atom stereocenters. The van der Waals surface area contributed by atoms with Crippen LogP contribution in [0.4, 0.5) is 5.13 Å². The predicted molar refractivity (Wildman–Crippen MR) is 66.6 cm³/mol. The molecule has 0 aliphatic rings. The number of carbonyl (C=O) groups is 1. The molecule has 0 spiro atoms. The lowest BCUT2D eigenvalue weighted by Gasteiger charge is -2.12. The molecule has 1 rings (SSSR count). The second kappa shape index (κ2) is 6.58. The van der Waals surface area contributed by atoms with Gasteiger partial charge in [0.25, 0.3) is 0 Å². The molecule has 1 aromatic rings. The molecule has 0 unspecified atom stereocenters. The maximum atomic E-state index is 11.9. The van der Waals surface area contributed by atoms with Crippen LogP contribution in [0.5, 0.6) is 0 Å². The predicted octanol–water partition coefficient (Wildman–Crippen LogP) is 3.00. The fraction of sp³-hybridized carbons (Fsp3) is 0.727. The highest BCUT2D eigenvalue weighted by molar-refractivity contribution is 7.15. The Morgan fingerprint density at radius 3 is 2.69 bits per heavy atom. The largest absolute Gasteiger partial charge is 0.300 e. The minimum absolute atomic E-state index is 0.0760. The zero-order valence-corrected chi connectivity index (χ0v) is 10.9. The van der Waals surface area contributed by atoms with Crippen LogP contribution in [0.1, 0.15) is 44.5 Å². The van der Waals surface area contributed by atoms with Crippen LogP contribution >= 0.6 is 11.3 Å². The third-order valence-electron chi connectivity index (χ3n) is 2.53. The number of amides is 1. The SMILES string of the molecule is CCCC[C@H](CC)C(=O)Nc1nnc(C)s1. The van der Waals surface area contributed by atoms with E-state index in [-0.39, 0.29) is 11.8 Å². The number of unbranched alkanes of at least 4 members (excludes halogenated alkanes) is 1. The smallest absolute Gasteiger partial charge is 0.229 e. The summed E-state index contributed by atoms with van der Waals surface area (Å²) in [5.74, 6) is 0.177. The van der Waals surface area contributed by atoms with Gasteiger partial charge in [0.1, 0.15) is 5.01 Å². The van der Waals surface area contributed by atoms with Crippen LogP contribution in [0.25, 0.3) is 0 Å². The molecule has 0 aliphatic heterocycles. The highest BCUT2D eigenvalue weighted by Gasteiger charge is 2.17. The summed E-state index contributed by atoms with van der Waals surface area (Å²) >= 11 is 1.41. The van der Waals surface area contributed by atoms with Gasteiger partial charge in [0, 0.05) is 5.92 Å². The van der Waals surface area contributed by atoms with E-state index in [1.165, 1.54) is 11.3 Å². The lowest BCUT2D eigenvalue weighted by atomic mass is 9.99. The van der Waals surface area contributed by atoms with Crippen LogP contribution in [-0.4, -0.2) is 16.1 Å². The van der Waals surface area contributed by atoms with Crippen LogP contribution in [0, 0.1) is 12.8 Å². The quantitative estimate of drug-likeness (QED) is 0.833. The average Bonchev–Trinajstić information content (AvgIpc) is 2.65. The molecule has 0 aliphatic carbocycles. The number of hydrogen-bond donors (Lipinski definition) is 1. The molecular formula is C11H19N3OS. The molecule has 5 heteroatoms. The summed E-state index contributed by atoms with van der Waals surface area (Å²) in [6.07, 6.45) is 4.06. The molecular weight excluding hydrogens is 222 g/mol. The highest BCUT2D eigenvalue weighted by atomic mass is 32.1. The van der Waals surface area contributed by atoms with Crippen LogP contribution in [0.3, 0.4) is 0 Å². The number of carbonyl (C=O) groups excluding carboxylic acids is 1. The molecule has 0 bridgehead atoms. The van der Waals surface area contributed by atoms with Gasteiger partial charge in [-0.15, -0.1) is 10.2 Å². The number of rotatable bonds is 6. The fourth-order valence-corrected chi connectivity index (χ4v) is 2.12. The topological polar surface area (TPSA) is 54.9 Å². The second-order valence-corrected chi connectivity index (χ2v) is 5.04. The number of nitrogens with one attached hydrogen (secondary N) is 1. The van der Waals surface area contributed by atoms with Crippen molar-refractivity contribution in [2.24, 2.45) is 5.92 Å². The minimum Gasteiger partial charge on any atom is -0.300 e. The van der Waals surface area contributed by atoms with Crippen molar-refractivity contribution in [1.29, 1.82) is 0 Å². The molecule has 0 saturated carbocycles. The summed E-state index contributed by atoms with van der Waals surface area (Å²) in [6, 6.07) is 0. The van der Waals surface area contributed by atoms with Crippen molar-refractivity contribution in [3.63, 3.8) is 0 Å². The van der Waals surface area contributed by atoms with Gasteiger partial charge in [0.05, 0.1) is 0 Å². The molecule has 0 aromatic carbocycles. The zero-order chi connectivity index (χ0) is 12.0. The van der Waals surface area contributed by atoms with Crippen molar-refractivity contribution in [3.8, 4) is 0 Å². The Hall–Kier alpha value is -0.970. The van der Waals surface area contributed by atoms with E-state index in [0.717, 1.165) is 30.7 Å². The summed E-state index contributed by atoms with van der Waals surface area (Å²) in [6.45, 7) is 6.06. The van der Waals surface area contributed by atoms with Crippen LogP contribution in [0.2, 0.25) is 0 Å². The van der Waals surface area contributed by atoms with Gasteiger partial charge in [-0.2, -0.15) is 0 Å². The first-order valence-electron chi connectivity index (χ1n) is 5.78. The van der Waals surface area contributed by atoms with Crippen molar-refractivity contribution in [2.45, 2.75) is 46.5 Å². The Morgan fingerprint density at radius 2 is 2.19 bits per heavy atom. The number of aryl methyl sites for hydroxylation is 1. The van der Waals surface area contributed by atoms with Gasteiger partial charge in [0.2, 0.25) is 11.0 Å². The lowest BCUT2D eigenvalue weighted by Crippen LogP contribution is -2.22. The fourth-order valence-electron chi connectivity index (χ4n) is 1.53. The normalized spacial score (nSPS) is 12.4. The van der Waals surface area contributed by atoms with E-state index in [4.69, 9.17) is 0 Å². The van der Waals surface area contributed by atoms with E-state index in [9.17, 15) is 4.79 Å². The average molecular weight is 241 g/mol. The Balaban J connectivity index is 2.49. The minimum atomic E-state index is 0.0760. The van der Waals surface area contributed by atoms with Crippen LogP contribution in [-0.2, 0) is 4.79 Å². The van der Waals surface area contributed by atoms with Gasteiger partial charge < -0.3 is 5.32 Å². The molecule has 16 heavy (non-hydrogen) atoms. The Bertz CT molecular complexity index is 338. The molecule has 90 valence electrons. The van der Waals surface area contributed by atoms with Crippen LogP contribution in [0.15, 0.2) is 0 Å². The number of hydrogen-bond acceptors (Lipinski definition) is 4. The summed E-state index contributed by atoms with van der Waals surface area (Å²) < 4.78 is 0. The molecule has 0 fully saturated rings. The molecule has 1 heterocycles. The number of anilines is 1. The maximum absolute atomic E-state index is 11.9.